The van der Waals surface area contributed by atoms with E-state index >= 15 is 0 Å². The molecule has 210 valence electrons. The highest BCUT2D eigenvalue weighted by molar-refractivity contribution is 5.73. The number of carbonyl (C=O) groups is 1. The van der Waals surface area contributed by atoms with Gasteiger partial charge in [0, 0.05) is 6.61 Å². The summed E-state index contributed by atoms with van der Waals surface area (Å²) in [4.78, 5) is 11.3. The molecule has 0 aliphatic heterocycles. The van der Waals surface area contributed by atoms with E-state index in [0.717, 1.165) is 25.7 Å². The third-order valence-corrected chi connectivity index (χ3v) is 7.80. The average molecular weight is 521 g/mol. The molecule has 0 bridgehead atoms. The van der Waals surface area contributed by atoms with Crippen LogP contribution in [0.1, 0.15) is 85.5 Å². The maximum absolute atomic E-state index is 11.3. The molecule has 0 aromatic rings. The molecule has 0 aromatic heterocycles. The van der Waals surface area contributed by atoms with Gasteiger partial charge in [-0.1, -0.05) is 57.4 Å². The normalized spacial score (nSPS) is 27.2. The molecule has 2 aliphatic rings. The van der Waals surface area contributed by atoms with Gasteiger partial charge in [-0.05, 0) is 86.5 Å². The standard InChI is InChI=1S/C30H48O7/c1-29(2,19-31)13-7-5-9-20-15-24(32)17-22(26(20)34)11-12-23-18-25(33)16-21(27(23)35)10-6-8-14-30(3,4)28(36)37/h11-12,16-18,20,24-27,31-35H,5-10,13-15,19H2,1-4H3,(H,36,37)/b12-11-. The Labute approximate surface area is 221 Å². The van der Waals surface area contributed by atoms with E-state index in [1.165, 1.54) is 0 Å². The predicted octanol–water partition coefficient (Wildman–Crippen LogP) is 4.05. The van der Waals surface area contributed by atoms with Gasteiger partial charge in [-0.15, -0.1) is 0 Å². The van der Waals surface area contributed by atoms with Crippen LogP contribution in [0.25, 0.3) is 0 Å². The number of carboxylic acid groups (broad SMARTS) is 1. The van der Waals surface area contributed by atoms with Gasteiger partial charge in [-0.2, -0.15) is 0 Å². The summed E-state index contributed by atoms with van der Waals surface area (Å²) >= 11 is 0. The summed E-state index contributed by atoms with van der Waals surface area (Å²) in [7, 11) is 0. The summed E-state index contributed by atoms with van der Waals surface area (Å²) in [6.45, 7) is 7.61. The number of unbranched alkanes of at least 4 members (excludes halogenated alkanes) is 2. The molecule has 2 rings (SSSR count). The summed E-state index contributed by atoms with van der Waals surface area (Å²) in [6.07, 6.45) is 11.7. The number of carboxylic acids is 1. The van der Waals surface area contributed by atoms with Gasteiger partial charge in [0.2, 0.25) is 0 Å². The topological polar surface area (TPSA) is 138 Å². The molecule has 5 unspecified atom stereocenters. The second kappa shape index (κ2) is 13.9. The Balaban J connectivity index is 1.94. The van der Waals surface area contributed by atoms with Crippen LogP contribution in [0.15, 0.2) is 47.1 Å². The smallest absolute Gasteiger partial charge is 0.309 e. The molecule has 5 atom stereocenters. The molecule has 0 saturated carbocycles. The van der Waals surface area contributed by atoms with Crippen LogP contribution in [0.4, 0.5) is 0 Å². The molecule has 0 amide bonds. The van der Waals surface area contributed by atoms with Crippen LogP contribution in [-0.2, 0) is 4.79 Å². The van der Waals surface area contributed by atoms with Crippen LogP contribution >= 0.6 is 0 Å². The molecule has 0 heterocycles. The SMILES string of the molecule is CC(C)(CO)CCCCC1CC(O)C=C(/C=C\C2=CC(O)C=C(CCCCC(C)(C)C(=O)O)C2O)C1O. The van der Waals surface area contributed by atoms with E-state index in [0.29, 0.717) is 48.8 Å². The lowest BCUT2D eigenvalue weighted by Gasteiger charge is -2.31. The molecule has 2 aliphatic carbocycles. The molecule has 0 spiro atoms. The van der Waals surface area contributed by atoms with Crippen molar-refractivity contribution in [2.45, 2.75) is 110 Å². The summed E-state index contributed by atoms with van der Waals surface area (Å²) in [6, 6.07) is 0. The lowest BCUT2D eigenvalue weighted by atomic mass is 9.80. The van der Waals surface area contributed by atoms with E-state index in [4.69, 9.17) is 0 Å². The Bertz CT molecular complexity index is 880. The first kappa shape index (κ1) is 31.4. The first-order chi connectivity index (χ1) is 17.3. The molecule has 7 nitrogen and oxygen atoms in total. The Morgan fingerprint density at radius 1 is 0.919 bits per heavy atom. The highest BCUT2D eigenvalue weighted by Crippen LogP contribution is 2.33. The molecule has 6 N–H and O–H groups in total. The zero-order valence-corrected chi connectivity index (χ0v) is 22.9. The lowest BCUT2D eigenvalue weighted by molar-refractivity contribution is -0.147. The van der Waals surface area contributed by atoms with E-state index in [2.05, 4.69) is 0 Å². The Hall–Kier alpha value is -1.77. The van der Waals surface area contributed by atoms with Gasteiger partial charge in [0.15, 0.2) is 0 Å². The summed E-state index contributed by atoms with van der Waals surface area (Å²) in [5, 5.41) is 61.2. The molecule has 0 aromatic carbocycles. The maximum atomic E-state index is 11.3. The number of hydrogen-bond donors (Lipinski definition) is 6. The van der Waals surface area contributed by atoms with Gasteiger partial charge in [0.05, 0.1) is 29.8 Å². The maximum Gasteiger partial charge on any atom is 0.309 e. The molecule has 0 fully saturated rings. The average Bonchev–Trinajstić information content (AvgIpc) is 2.82. The number of aliphatic carboxylic acids is 1. The van der Waals surface area contributed by atoms with Crippen LogP contribution in [0.3, 0.4) is 0 Å². The first-order valence-corrected chi connectivity index (χ1v) is 13.6. The van der Waals surface area contributed by atoms with E-state index < -0.39 is 35.8 Å². The minimum Gasteiger partial charge on any atom is -0.481 e. The van der Waals surface area contributed by atoms with Crippen molar-refractivity contribution in [2.24, 2.45) is 16.7 Å². The lowest BCUT2D eigenvalue weighted by Crippen LogP contribution is -2.31. The van der Waals surface area contributed by atoms with Gasteiger partial charge < -0.3 is 30.6 Å². The third-order valence-electron chi connectivity index (χ3n) is 7.80. The van der Waals surface area contributed by atoms with Crippen LogP contribution in [0, 0.1) is 16.7 Å². The quantitative estimate of drug-likeness (QED) is 0.150. The van der Waals surface area contributed by atoms with Crippen LogP contribution < -0.4 is 0 Å². The summed E-state index contributed by atoms with van der Waals surface area (Å²) in [5.74, 6) is -0.898. The van der Waals surface area contributed by atoms with Crippen molar-refractivity contribution in [3.63, 3.8) is 0 Å². The zero-order chi connectivity index (χ0) is 27.8. The third kappa shape index (κ3) is 9.80. The highest BCUT2D eigenvalue weighted by atomic mass is 16.4. The monoisotopic (exact) mass is 520 g/mol. The van der Waals surface area contributed by atoms with E-state index in [9.17, 15) is 35.4 Å². The molecule has 0 saturated heterocycles. The second-order valence-corrected chi connectivity index (χ2v) is 12.3. The van der Waals surface area contributed by atoms with Gasteiger partial charge in [-0.25, -0.2) is 0 Å². The van der Waals surface area contributed by atoms with Crippen molar-refractivity contribution in [1.82, 2.24) is 0 Å². The first-order valence-electron chi connectivity index (χ1n) is 13.6. The minimum atomic E-state index is -0.885. The molecule has 37 heavy (non-hydrogen) atoms. The molecule has 0 radical (unpaired) electrons. The largest absolute Gasteiger partial charge is 0.481 e. The van der Waals surface area contributed by atoms with Crippen molar-refractivity contribution >= 4 is 5.97 Å². The van der Waals surface area contributed by atoms with Gasteiger partial charge >= 0.3 is 5.97 Å². The van der Waals surface area contributed by atoms with Crippen molar-refractivity contribution in [1.29, 1.82) is 0 Å². The fourth-order valence-electron chi connectivity index (χ4n) is 5.04. The Kier molecular flexibility index (Phi) is 11.8. The minimum absolute atomic E-state index is 0.0711. The Morgan fingerprint density at radius 3 is 2.22 bits per heavy atom. The van der Waals surface area contributed by atoms with Crippen molar-refractivity contribution in [3.05, 3.63) is 47.1 Å². The Morgan fingerprint density at radius 2 is 1.57 bits per heavy atom. The number of aliphatic hydroxyl groups excluding tert-OH is 5. The second-order valence-electron chi connectivity index (χ2n) is 12.3. The fraction of sp³-hybridized carbons (Fsp3) is 0.700. The zero-order valence-electron chi connectivity index (χ0n) is 22.9. The highest BCUT2D eigenvalue weighted by Gasteiger charge is 2.30. The number of aliphatic hydroxyl groups is 5. The summed E-state index contributed by atoms with van der Waals surface area (Å²) in [5.41, 5.74) is 0.936. The van der Waals surface area contributed by atoms with Crippen LogP contribution in [0.2, 0.25) is 0 Å². The van der Waals surface area contributed by atoms with E-state index in [1.54, 1.807) is 44.2 Å². The molecule has 7 heteroatoms. The molecular weight excluding hydrogens is 472 g/mol. The van der Waals surface area contributed by atoms with Crippen LogP contribution in [-0.4, -0.2) is 67.6 Å². The number of rotatable bonds is 14. The summed E-state index contributed by atoms with van der Waals surface area (Å²) < 4.78 is 0. The van der Waals surface area contributed by atoms with E-state index in [-0.39, 0.29) is 17.9 Å². The van der Waals surface area contributed by atoms with Gasteiger partial charge in [-0.3, -0.25) is 4.79 Å². The van der Waals surface area contributed by atoms with E-state index in [1.807, 2.05) is 13.8 Å². The van der Waals surface area contributed by atoms with Crippen molar-refractivity contribution in [2.75, 3.05) is 6.61 Å². The fourth-order valence-corrected chi connectivity index (χ4v) is 5.04. The van der Waals surface area contributed by atoms with Crippen molar-refractivity contribution < 1.29 is 35.4 Å². The van der Waals surface area contributed by atoms with Crippen molar-refractivity contribution in [3.8, 4) is 0 Å². The number of hydrogen-bond acceptors (Lipinski definition) is 6. The van der Waals surface area contributed by atoms with Gasteiger partial charge in [0.1, 0.15) is 0 Å². The predicted molar refractivity (Wildman–Crippen MR) is 145 cm³/mol. The van der Waals surface area contributed by atoms with Gasteiger partial charge in [0.25, 0.3) is 0 Å². The molecular formula is C30H48O7. The van der Waals surface area contributed by atoms with Crippen LogP contribution in [0.5, 0.6) is 0 Å².